The summed E-state index contributed by atoms with van der Waals surface area (Å²) in [5.74, 6) is 0. The molecule has 2 rings (SSSR count). The predicted octanol–water partition coefficient (Wildman–Crippen LogP) is 2.55. The fraction of sp³-hybridized carbons (Fsp3) is 0.615. The van der Waals surface area contributed by atoms with Crippen LogP contribution in [0.5, 0.6) is 0 Å². The van der Waals surface area contributed by atoms with E-state index in [2.05, 4.69) is 38.8 Å². The summed E-state index contributed by atoms with van der Waals surface area (Å²) in [5.41, 5.74) is 7.13. The van der Waals surface area contributed by atoms with E-state index in [1.807, 2.05) is 12.4 Å². The van der Waals surface area contributed by atoms with Crippen LogP contribution in [0.25, 0.3) is 0 Å². The smallest absolute Gasteiger partial charge is 0.0410 e. The second kappa shape index (κ2) is 5.94. The van der Waals surface area contributed by atoms with Gasteiger partial charge in [0.05, 0.1) is 0 Å². The third-order valence-corrected chi connectivity index (χ3v) is 4.03. The Labute approximate surface area is 112 Å². The lowest BCUT2D eigenvalue weighted by molar-refractivity contribution is 0.0891. The van der Waals surface area contributed by atoms with Gasteiger partial charge in [-0.3, -0.25) is 9.88 Å². The Morgan fingerprint density at radius 2 is 2.29 bits per heavy atom. The fourth-order valence-corrected chi connectivity index (χ4v) is 3.04. The molecule has 1 aromatic heterocycles. The molecule has 2 heterocycles. The van der Waals surface area contributed by atoms with Crippen molar-refractivity contribution >= 4 is 15.9 Å². The van der Waals surface area contributed by atoms with Gasteiger partial charge in [-0.15, -0.1) is 0 Å². The van der Waals surface area contributed by atoms with Crippen molar-refractivity contribution < 1.29 is 0 Å². The number of hydrogen-bond donors (Lipinski definition) is 1. The van der Waals surface area contributed by atoms with Crippen molar-refractivity contribution in [3.8, 4) is 0 Å². The lowest BCUT2D eigenvalue weighted by Crippen LogP contribution is -2.48. The summed E-state index contributed by atoms with van der Waals surface area (Å²) >= 11 is 3.47. The average Bonchev–Trinajstić information content (AvgIpc) is 2.32. The zero-order chi connectivity index (χ0) is 12.3. The number of aromatic nitrogens is 1. The van der Waals surface area contributed by atoms with E-state index in [-0.39, 0.29) is 0 Å². The van der Waals surface area contributed by atoms with E-state index < -0.39 is 0 Å². The van der Waals surface area contributed by atoms with Crippen molar-refractivity contribution in [3.63, 3.8) is 0 Å². The van der Waals surface area contributed by atoms with E-state index in [9.17, 15) is 0 Å². The molecular weight excluding hydrogens is 278 g/mol. The number of piperidine rings is 1. The summed E-state index contributed by atoms with van der Waals surface area (Å²) in [7, 11) is 0. The summed E-state index contributed by atoms with van der Waals surface area (Å²) in [6, 6.07) is 3.29. The topological polar surface area (TPSA) is 42.1 Å². The van der Waals surface area contributed by atoms with E-state index >= 15 is 0 Å². The Kier molecular flexibility index (Phi) is 4.54. The zero-order valence-electron chi connectivity index (χ0n) is 10.3. The van der Waals surface area contributed by atoms with Crippen LogP contribution in [0.15, 0.2) is 22.9 Å². The first-order chi connectivity index (χ1) is 8.20. The van der Waals surface area contributed by atoms with Gasteiger partial charge in [-0.2, -0.15) is 0 Å². The Morgan fingerprint density at radius 3 is 3.00 bits per heavy atom. The average molecular weight is 298 g/mol. The Balaban J connectivity index is 2.09. The van der Waals surface area contributed by atoms with Crippen molar-refractivity contribution in [1.29, 1.82) is 0 Å². The van der Waals surface area contributed by atoms with E-state index in [1.165, 1.54) is 24.8 Å². The van der Waals surface area contributed by atoms with Gasteiger partial charge >= 0.3 is 0 Å². The summed E-state index contributed by atoms with van der Waals surface area (Å²) in [6.45, 7) is 4.01. The molecule has 94 valence electrons. The van der Waals surface area contributed by atoms with Gasteiger partial charge in [0.1, 0.15) is 0 Å². The van der Waals surface area contributed by atoms with Crippen LogP contribution in [0.4, 0.5) is 0 Å². The largest absolute Gasteiger partial charge is 0.329 e. The third-order valence-electron chi connectivity index (χ3n) is 3.59. The van der Waals surface area contributed by atoms with Crippen molar-refractivity contribution in [2.24, 2.45) is 5.73 Å². The molecule has 1 saturated heterocycles. The molecule has 17 heavy (non-hydrogen) atoms. The Hall–Kier alpha value is -0.450. The van der Waals surface area contributed by atoms with Crippen LogP contribution in [-0.2, 0) is 6.54 Å². The molecule has 1 fully saturated rings. The molecule has 2 unspecified atom stereocenters. The molecule has 1 aliphatic heterocycles. The molecule has 2 N–H and O–H groups in total. The minimum atomic E-state index is 0.526. The highest BCUT2D eigenvalue weighted by Gasteiger charge is 2.26. The Morgan fingerprint density at radius 1 is 1.47 bits per heavy atom. The first-order valence-electron chi connectivity index (χ1n) is 6.26. The number of nitrogens with zero attached hydrogens (tertiary/aromatic N) is 2. The zero-order valence-corrected chi connectivity index (χ0v) is 11.9. The van der Waals surface area contributed by atoms with Crippen LogP contribution in [-0.4, -0.2) is 28.5 Å². The maximum Gasteiger partial charge on any atom is 0.0410 e. The molecule has 0 radical (unpaired) electrons. The molecule has 0 aromatic carbocycles. The van der Waals surface area contributed by atoms with Crippen LogP contribution < -0.4 is 5.73 Å². The Bertz CT molecular complexity index is 369. The molecular formula is C13H20BrN3. The van der Waals surface area contributed by atoms with Gasteiger partial charge in [-0.1, -0.05) is 6.42 Å². The van der Waals surface area contributed by atoms with Crippen molar-refractivity contribution in [2.45, 2.75) is 44.8 Å². The number of hydrogen-bond acceptors (Lipinski definition) is 3. The number of nitrogens with two attached hydrogens (primary N) is 1. The van der Waals surface area contributed by atoms with Crippen molar-refractivity contribution in [1.82, 2.24) is 9.88 Å². The summed E-state index contributed by atoms with van der Waals surface area (Å²) < 4.78 is 1.05. The quantitative estimate of drug-likeness (QED) is 0.932. The lowest BCUT2D eigenvalue weighted by Gasteiger charge is -2.40. The predicted molar refractivity (Wildman–Crippen MR) is 73.6 cm³/mol. The maximum atomic E-state index is 5.87. The molecule has 0 aliphatic carbocycles. The number of pyridine rings is 1. The van der Waals surface area contributed by atoms with Gasteiger partial charge in [0.2, 0.25) is 0 Å². The van der Waals surface area contributed by atoms with Crippen molar-refractivity contribution in [2.75, 3.05) is 6.54 Å². The maximum absolute atomic E-state index is 5.87. The van der Waals surface area contributed by atoms with Crippen LogP contribution in [0.2, 0.25) is 0 Å². The van der Waals surface area contributed by atoms with Gasteiger partial charge in [0.25, 0.3) is 0 Å². The van der Waals surface area contributed by atoms with Crippen LogP contribution in [0.1, 0.15) is 31.7 Å². The monoisotopic (exact) mass is 297 g/mol. The first-order valence-corrected chi connectivity index (χ1v) is 7.05. The van der Waals surface area contributed by atoms with Gasteiger partial charge in [0, 0.05) is 42.0 Å². The summed E-state index contributed by atoms with van der Waals surface area (Å²) in [5, 5.41) is 0. The van der Waals surface area contributed by atoms with E-state index in [0.29, 0.717) is 12.1 Å². The first kappa shape index (κ1) is 13.0. The number of halogens is 1. The fourth-order valence-electron chi connectivity index (χ4n) is 2.63. The van der Waals surface area contributed by atoms with E-state index in [4.69, 9.17) is 5.73 Å². The summed E-state index contributed by atoms with van der Waals surface area (Å²) in [4.78, 5) is 6.74. The van der Waals surface area contributed by atoms with E-state index in [0.717, 1.165) is 17.6 Å². The van der Waals surface area contributed by atoms with Crippen LogP contribution in [0, 0.1) is 0 Å². The van der Waals surface area contributed by atoms with Gasteiger partial charge in [-0.25, -0.2) is 0 Å². The molecule has 3 nitrogen and oxygen atoms in total. The number of likely N-dealkylation sites (tertiary alicyclic amines) is 1. The minimum Gasteiger partial charge on any atom is -0.329 e. The van der Waals surface area contributed by atoms with Crippen molar-refractivity contribution in [3.05, 3.63) is 28.5 Å². The molecule has 4 heteroatoms. The second-order valence-corrected chi connectivity index (χ2v) is 5.77. The molecule has 1 aliphatic rings. The SMILES string of the molecule is CC1CCCC(CN)N1Cc1cncc(Br)c1. The van der Waals surface area contributed by atoms with Gasteiger partial charge in [-0.05, 0) is 47.3 Å². The molecule has 0 spiro atoms. The minimum absolute atomic E-state index is 0.526. The number of rotatable bonds is 3. The van der Waals surface area contributed by atoms with Crippen LogP contribution >= 0.6 is 15.9 Å². The molecule has 0 amide bonds. The standard InChI is InChI=1S/C13H20BrN3/c1-10-3-2-4-13(6-15)17(10)9-11-5-12(14)8-16-7-11/h5,7-8,10,13H,2-4,6,9,15H2,1H3. The highest BCUT2D eigenvalue weighted by Crippen LogP contribution is 2.24. The molecule has 0 bridgehead atoms. The lowest BCUT2D eigenvalue weighted by atomic mass is 9.96. The molecule has 2 atom stereocenters. The highest BCUT2D eigenvalue weighted by atomic mass is 79.9. The van der Waals surface area contributed by atoms with Gasteiger partial charge in [0.15, 0.2) is 0 Å². The van der Waals surface area contributed by atoms with Gasteiger partial charge < -0.3 is 5.73 Å². The van der Waals surface area contributed by atoms with E-state index in [1.54, 1.807) is 0 Å². The second-order valence-electron chi connectivity index (χ2n) is 4.85. The highest BCUT2D eigenvalue weighted by molar-refractivity contribution is 9.10. The normalized spacial score (nSPS) is 26.1. The molecule has 0 saturated carbocycles. The van der Waals surface area contributed by atoms with Crippen LogP contribution in [0.3, 0.4) is 0 Å². The summed E-state index contributed by atoms with van der Waals surface area (Å²) in [6.07, 6.45) is 7.57. The third kappa shape index (κ3) is 3.27. The molecule has 1 aromatic rings.